The van der Waals surface area contributed by atoms with Crippen LogP contribution in [0.5, 0.6) is 5.75 Å². The lowest BCUT2D eigenvalue weighted by Gasteiger charge is -2.22. The maximum Gasteiger partial charge on any atom is 0.308 e. The number of amides is 1. The molecule has 1 aliphatic rings. The monoisotopic (exact) mass is 355 g/mol. The third-order valence-electron chi connectivity index (χ3n) is 3.73. The molecule has 0 radical (unpaired) electrons. The first kappa shape index (κ1) is 15.8. The molecule has 1 aromatic carbocycles. The molecule has 0 spiro atoms. The highest BCUT2D eigenvalue weighted by Gasteiger charge is 2.38. The molecule has 1 N–H and O–H groups in total. The molecule has 1 amide bonds. The Morgan fingerprint density at radius 2 is 2.05 bits per heavy atom. The number of nitrogens with zero attached hydrogens (tertiary/aromatic N) is 1. The van der Waals surface area contributed by atoms with Crippen LogP contribution in [0.25, 0.3) is 0 Å². The maximum atomic E-state index is 12.4. The molecule has 1 aliphatic heterocycles. The number of carbonyl (C=O) groups excluding carboxylic acids is 1. The third-order valence-corrected chi connectivity index (χ3v) is 4.38. The number of hydrogen-bond donors (Lipinski definition) is 1. The number of carbonyl (C=O) groups is 2. The minimum atomic E-state index is -0.850. The minimum absolute atomic E-state index is 0.0397. The molecule has 0 aliphatic carbocycles. The SMILES string of the molecule is CC(Oc1ccccc1Br)C(=O)N1C[C@@H](C)[C@H](C(=O)O)C1. The summed E-state index contributed by atoms with van der Waals surface area (Å²) in [5, 5.41) is 9.12. The highest BCUT2D eigenvalue weighted by atomic mass is 79.9. The summed E-state index contributed by atoms with van der Waals surface area (Å²) in [5.41, 5.74) is 0. The second kappa shape index (κ2) is 6.47. The lowest BCUT2D eigenvalue weighted by Crippen LogP contribution is -2.39. The molecule has 0 aromatic heterocycles. The van der Waals surface area contributed by atoms with Gasteiger partial charge in [0.25, 0.3) is 5.91 Å². The quantitative estimate of drug-likeness (QED) is 0.900. The highest BCUT2D eigenvalue weighted by molar-refractivity contribution is 9.10. The summed E-state index contributed by atoms with van der Waals surface area (Å²) in [6, 6.07) is 7.31. The van der Waals surface area contributed by atoms with Crippen LogP contribution in [0.4, 0.5) is 0 Å². The predicted octanol–water partition coefficient (Wildman–Crippen LogP) is 2.40. The summed E-state index contributed by atoms with van der Waals surface area (Å²) >= 11 is 3.37. The molecular formula is C15H18BrNO4. The van der Waals surface area contributed by atoms with Crippen molar-refractivity contribution in [3.63, 3.8) is 0 Å². The maximum absolute atomic E-state index is 12.4. The fraction of sp³-hybridized carbons (Fsp3) is 0.467. The molecule has 1 aromatic rings. The lowest BCUT2D eigenvalue weighted by atomic mass is 9.99. The Labute approximate surface area is 132 Å². The molecule has 0 bridgehead atoms. The normalized spacial score (nSPS) is 22.9. The minimum Gasteiger partial charge on any atom is -0.481 e. The summed E-state index contributed by atoms with van der Waals surface area (Å²) in [6.07, 6.45) is -0.650. The number of hydrogen-bond acceptors (Lipinski definition) is 3. The van der Waals surface area contributed by atoms with Crippen LogP contribution < -0.4 is 4.74 Å². The van der Waals surface area contributed by atoms with Crippen LogP contribution in [-0.4, -0.2) is 41.1 Å². The zero-order valence-corrected chi connectivity index (χ0v) is 13.5. The molecule has 1 saturated heterocycles. The number of benzene rings is 1. The predicted molar refractivity (Wildman–Crippen MR) is 81.1 cm³/mol. The smallest absolute Gasteiger partial charge is 0.308 e. The van der Waals surface area contributed by atoms with Crippen molar-refractivity contribution in [1.29, 1.82) is 0 Å². The van der Waals surface area contributed by atoms with Gasteiger partial charge >= 0.3 is 5.97 Å². The van der Waals surface area contributed by atoms with Crippen LogP contribution in [0.3, 0.4) is 0 Å². The Hall–Kier alpha value is -1.56. The van der Waals surface area contributed by atoms with E-state index in [9.17, 15) is 9.59 Å². The van der Waals surface area contributed by atoms with E-state index >= 15 is 0 Å². The number of halogens is 1. The average Bonchev–Trinajstić information content (AvgIpc) is 2.82. The van der Waals surface area contributed by atoms with E-state index in [2.05, 4.69) is 15.9 Å². The second-order valence-corrected chi connectivity index (χ2v) is 6.21. The Kier molecular flexibility index (Phi) is 4.88. The number of carboxylic acids is 1. The van der Waals surface area contributed by atoms with Gasteiger partial charge in [-0.25, -0.2) is 0 Å². The molecular weight excluding hydrogens is 338 g/mol. The van der Waals surface area contributed by atoms with Crippen molar-refractivity contribution in [3.05, 3.63) is 28.7 Å². The van der Waals surface area contributed by atoms with Crippen LogP contribution in [-0.2, 0) is 9.59 Å². The van der Waals surface area contributed by atoms with Crippen molar-refractivity contribution in [1.82, 2.24) is 4.90 Å². The van der Waals surface area contributed by atoms with E-state index < -0.39 is 18.0 Å². The van der Waals surface area contributed by atoms with Crippen molar-refractivity contribution in [2.45, 2.75) is 20.0 Å². The van der Waals surface area contributed by atoms with Gasteiger partial charge in [-0.3, -0.25) is 9.59 Å². The molecule has 6 heteroatoms. The van der Waals surface area contributed by atoms with Crippen molar-refractivity contribution in [2.24, 2.45) is 11.8 Å². The number of ether oxygens (including phenoxy) is 1. The standard InChI is InChI=1S/C15H18BrNO4/c1-9-7-17(8-11(9)15(19)20)14(18)10(2)21-13-6-4-3-5-12(13)16/h3-6,9-11H,7-8H2,1-2H3,(H,19,20)/t9-,10?,11-/m1/s1. The number of para-hydroxylation sites is 1. The van der Waals surface area contributed by atoms with E-state index in [0.29, 0.717) is 12.3 Å². The fourth-order valence-electron chi connectivity index (χ4n) is 2.51. The van der Waals surface area contributed by atoms with Gasteiger partial charge in [0, 0.05) is 13.1 Å². The molecule has 114 valence electrons. The van der Waals surface area contributed by atoms with Gasteiger partial charge in [-0.15, -0.1) is 0 Å². The Balaban J connectivity index is 2.01. The van der Waals surface area contributed by atoms with Gasteiger partial charge in [0.2, 0.25) is 0 Å². The molecule has 2 rings (SSSR count). The van der Waals surface area contributed by atoms with Gasteiger partial charge in [-0.1, -0.05) is 19.1 Å². The van der Waals surface area contributed by atoms with Gasteiger partial charge in [0.1, 0.15) is 5.75 Å². The molecule has 21 heavy (non-hydrogen) atoms. The van der Waals surface area contributed by atoms with E-state index in [1.54, 1.807) is 17.9 Å². The van der Waals surface area contributed by atoms with Crippen molar-refractivity contribution in [2.75, 3.05) is 13.1 Å². The van der Waals surface area contributed by atoms with Gasteiger partial charge in [-0.2, -0.15) is 0 Å². The van der Waals surface area contributed by atoms with Crippen molar-refractivity contribution in [3.8, 4) is 5.75 Å². The molecule has 1 fully saturated rings. The Bertz CT molecular complexity index is 548. The fourth-order valence-corrected chi connectivity index (χ4v) is 2.88. The Morgan fingerprint density at radius 1 is 1.38 bits per heavy atom. The first-order valence-corrected chi connectivity index (χ1v) is 7.62. The van der Waals surface area contributed by atoms with E-state index in [1.807, 2.05) is 25.1 Å². The van der Waals surface area contributed by atoms with E-state index in [0.717, 1.165) is 4.47 Å². The number of likely N-dealkylation sites (tertiary alicyclic amines) is 1. The number of carboxylic acid groups (broad SMARTS) is 1. The molecule has 5 nitrogen and oxygen atoms in total. The van der Waals surface area contributed by atoms with Gasteiger partial charge in [0.15, 0.2) is 6.10 Å². The van der Waals surface area contributed by atoms with Crippen LogP contribution in [0.2, 0.25) is 0 Å². The first-order valence-electron chi connectivity index (χ1n) is 6.83. The molecule has 1 unspecified atom stereocenters. The van der Waals surface area contributed by atoms with Crippen LogP contribution in [0, 0.1) is 11.8 Å². The second-order valence-electron chi connectivity index (χ2n) is 5.36. The van der Waals surface area contributed by atoms with Gasteiger partial charge < -0.3 is 14.7 Å². The Morgan fingerprint density at radius 3 is 2.62 bits per heavy atom. The van der Waals surface area contributed by atoms with E-state index in [-0.39, 0.29) is 18.4 Å². The topological polar surface area (TPSA) is 66.8 Å². The third kappa shape index (κ3) is 3.56. The summed E-state index contributed by atoms with van der Waals surface area (Å²) in [6.45, 7) is 4.24. The van der Waals surface area contributed by atoms with Crippen LogP contribution in [0.1, 0.15) is 13.8 Å². The summed E-state index contributed by atoms with van der Waals surface area (Å²) in [7, 11) is 0. The zero-order valence-electron chi connectivity index (χ0n) is 12.0. The highest BCUT2D eigenvalue weighted by Crippen LogP contribution is 2.27. The van der Waals surface area contributed by atoms with Gasteiger partial charge in [0.05, 0.1) is 10.4 Å². The van der Waals surface area contributed by atoms with Crippen molar-refractivity contribution < 1.29 is 19.4 Å². The molecule has 0 saturated carbocycles. The lowest BCUT2D eigenvalue weighted by molar-refractivity contribution is -0.142. The largest absolute Gasteiger partial charge is 0.481 e. The van der Waals surface area contributed by atoms with E-state index in [1.165, 1.54) is 0 Å². The number of rotatable bonds is 4. The summed E-state index contributed by atoms with van der Waals surface area (Å²) in [5.74, 6) is -0.967. The zero-order chi connectivity index (χ0) is 15.6. The van der Waals surface area contributed by atoms with Crippen LogP contribution >= 0.6 is 15.9 Å². The van der Waals surface area contributed by atoms with Crippen molar-refractivity contribution >= 4 is 27.8 Å². The number of aliphatic carboxylic acids is 1. The summed E-state index contributed by atoms with van der Waals surface area (Å²) in [4.78, 5) is 25.1. The van der Waals surface area contributed by atoms with E-state index in [4.69, 9.17) is 9.84 Å². The average molecular weight is 356 g/mol. The van der Waals surface area contributed by atoms with Gasteiger partial charge in [-0.05, 0) is 40.9 Å². The molecule has 3 atom stereocenters. The van der Waals surface area contributed by atoms with Crippen LogP contribution in [0.15, 0.2) is 28.7 Å². The molecule has 1 heterocycles. The summed E-state index contributed by atoms with van der Waals surface area (Å²) < 4.78 is 6.45. The first-order chi connectivity index (χ1) is 9.90.